The average Bonchev–Trinajstić information content (AvgIpc) is 2.48. The van der Waals surface area contributed by atoms with Gasteiger partial charge in [-0.3, -0.25) is 4.31 Å². The van der Waals surface area contributed by atoms with Gasteiger partial charge in [-0.1, -0.05) is 6.08 Å². The minimum absolute atomic E-state index is 0.0527. The van der Waals surface area contributed by atoms with E-state index in [2.05, 4.69) is 6.58 Å². The van der Waals surface area contributed by atoms with E-state index in [0.29, 0.717) is 0 Å². The summed E-state index contributed by atoms with van der Waals surface area (Å²) in [5, 5.41) is 0. The Hall–Kier alpha value is -2.28. The van der Waals surface area contributed by atoms with Crippen LogP contribution in [0.5, 0.6) is 0 Å². The lowest BCUT2D eigenvalue weighted by molar-refractivity contribution is 0.508. The van der Waals surface area contributed by atoms with E-state index < -0.39 is 27.5 Å². The molecule has 0 atom stereocenters. The smallest absolute Gasteiger partial charge is 0.262 e. The second kappa shape index (κ2) is 6.23. The topological polar surface area (TPSA) is 37.4 Å². The molecule has 0 aliphatic carbocycles. The van der Waals surface area contributed by atoms with Crippen LogP contribution in [0, 0.1) is 17.5 Å². The first-order chi connectivity index (χ1) is 10.4. The maximum atomic E-state index is 13.4. The molecule has 2 aromatic rings. The molecule has 7 heteroatoms. The van der Waals surface area contributed by atoms with Gasteiger partial charge in [-0.05, 0) is 36.4 Å². The summed E-state index contributed by atoms with van der Waals surface area (Å²) in [5.74, 6) is -2.83. The van der Waals surface area contributed by atoms with Crippen molar-refractivity contribution in [2.45, 2.75) is 4.90 Å². The molecule has 0 amide bonds. The fourth-order valence-electron chi connectivity index (χ4n) is 1.83. The van der Waals surface area contributed by atoms with E-state index in [1.165, 1.54) is 6.08 Å². The SMILES string of the molecule is C=CCN(c1ccc(F)c(F)c1)S(=O)(=O)c1ccc(F)cc1. The summed E-state index contributed by atoms with van der Waals surface area (Å²) >= 11 is 0. The summed E-state index contributed by atoms with van der Waals surface area (Å²) in [6.45, 7) is 3.31. The third kappa shape index (κ3) is 3.14. The first-order valence-corrected chi connectivity index (χ1v) is 7.64. The summed E-state index contributed by atoms with van der Waals surface area (Å²) in [6.07, 6.45) is 1.31. The summed E-state index contributed by atoms with van der Waals surface area (Å²) in [4.78, 5) is -0.166. The normalized spacial score (nSPS) is 11.2. The molecule has 0 spiro atoms. The zero-order chi connectivity index (χ0) is 16.3. The Morgan fingerprint density at radius 2 is 1.64 bits per heavy atom. The number of sulfonamides is 1. The highest BCUT2D eigenvalue weighted by atomic mass is 32.2. The number of hydrogen-bond acceptors (Lipinski definition) is 2. The number of anilines is 1. The third-order valence-corrected chi connectivity index (χ3v) is 4.70. The van der Waals surface area contributed by atoms with Crippen LogP contribution >= 0.6 is 0 Å². The van der Waals surface area contributed by atoms with E-state index in [0.717, 1.165) is 46.8 Å². The first-order valence-electron chi connectivity index (χ1n) is 6.20. The van der Waals surface area contributed by atoms with Crippen LogP contribution in [-0.2, 0) is 10.0 Å². The Morgan fingerprint density at radius 1 is 1.00 bits per heavy atom. The standard InChI is InChI=1S/C15H12F3NO2S/c1-2-9-19(12-5-8-14(17)15(18)10-12)22(20,21)13-6-3-11(16)4-7-13/h2-8,10H,1,9H2. The van der Waals surface area contributed by atoms with E-state index in [-0.39, 0.29) is 17.1 Å². The van der Waals surface area contributed by atoms with E-state index in [1.807, 2.05) is 0 Å². The summed E-state index contributed by atoms with van der Waals surface area (Å²) < 4.78 is 65.3. The maximum Gasteiger partial charge on any atom is 0.264 e. The lowest BCUT2D eigenvalue weighted by Crippen LogP contribution is -2.31. The van der Waals surface area contributed by atoms with E-state index in [1.54, 1.807) is 0 Å². The molecule has 0 unspecified atom stereocenters. The second-order valence-corrected chi connectivity index (χ2v) is 6.24. The average molecular weight is 327 g/mol. The second-order valence-electron chi connectivity index (χ2n) is 4.38. The molecule has 0 bridgehead atoms. The summed E-state index contributed by atoms with van der Waals surface area (Å²) in [7, 11) is -4.06. The molecule has 3 nitrogen and oxygen atoms in total. The highest BCUT2D eigenvalue weighted by molar-refractivity contribution is 7.92. The van der Waals surface area contributed by atoms with Gasteiger partial charge in [0.05, 0.1) is 17.1 Å². The number of benzene rings is 2. The molecular weight excluding hydrogens is 315 g/mol. The van der Waals surface area contributed by atoms with Crippen LogP contribution in [0.3, 0.4) is 0 Å². The van der Waals surface area contributed by atoms with Gasteiger partial charge in [0.1, 0.15) is 5.82 Å². The molecule has 2 rings (SSSR count). The van der Waals surface area contributed by atoms with Crippen LogP contribution in [0.2, 0.25) is 0 Å². The van der Waals surface area contributed by atoms with Gasteiger partial charge in [-0.25, -0.2) is 21.6 Å². The van der Waals surface area contributed by atoms with Crippen molar-refractivity contribution >= 4 is 15.7 Å². The Bertz CT molecular complexity index is 789. The lowest BCUT2D eigenvalue weighted by Gasteiger charge is -2.23. The molecule has 0 fully saturated rings. The van der Waals surface area contributed by atoms with Gasteiger partial charge in [-0.2, -0.15) is 0 Å². The van der Waals surface area contributed by atoms with Crippen molar-refractivity contribution in [2.75, 3.05) is 10.8 Å². The van der Waals surface area contributed by atoms with Gasteiger partial charge in [0.15, 0.2) is 11.6 Å². The minimum Gasteiger partial charge on any atom is -0.262 e. The van der Waals surface area contributed by atoms with E-state index >= 15 is 0 Å². The molecule has 22 heavy (non-hydrogen) atoms. The van der Waals surface area contributed by atoms with Gasteiger partial charge >= 0.3 is 0 Å². The molecule has 0 aliphatic rings. The van der Waals surface area contributed by atoms with Crippen LogP contribution in [0.15, 0.2) is 60.0 Å². The fraction of sp³-hybridized carbons (Fsp3) is 0.0667. The third-order valence-electron chi connectivity index (χ3n) is 2.89. The van der Waals surface area contributed by atoms with Crippen molar-refractivity contribution in [3.63, 3.8) is 0 Å². The Morgan fingerprint density at radius 3 is 2.18 bits per heavy atom. The van der Waals surface area contributed by atoms with Gasteiger partial charge in [0.2, 0.25) is 0 Å². The number of hydrogen-bond donors (Lipinski definition) is 0. The van der Waals surface area contributed by atoms with Crippen LogP contribution < -0.4 is 4.31 Å². The van der Waals surface area contributed by atoms with Crippen molar-refractivity contribution < 1.29 is 21.6 Å². The maximum absolute atomic E-state index is 13.4. The predicted octanol–water partition coefficient (Wildman–Crippen LogP) is 3.49. The molecule has 0 heterocycles. The van der Waals surface area contributed by atoms with Gasteiger partial charge in [0, 0.05) is 6.07 Å². The molecular formula is C15H12F3NO2S. The van der Waals surface area contributed by atoms with Crippen LogP contribution in [-0.4, -0.2) is 15.0 Å². The highest BCUT2D eigenvalue weighted by Crippen LogP contribution is 2.25. The molecule has 0 N–H and O–H groups in total. The Balaban J connectivity index is 2.52. The van der Waals surface area contributed by atoms with Crippen molar-refractivity contribution in [2.24, 2.45) is 0 Å². The zero-order valence-electron chi connectivity index (χ0n) is 11.3. The van der Waals surface area contributed by atoms with Gasteiger partial charge in [-0.15, -0.1) is 6.58 Å². The van der Waals surface area contributed by atoms with Gasteiger partial charge in [0.25, 0.3) is 10.0 Å². The van der Waals surface area contributed by atoms with E-state index in [9.17, 15) is 21.6 Å². The Labute approximate surface area is 126 Å². The molecule has 2 aromatic carbocycles. The highest BCUT2D eigenvalue weighted by Gasteiger charge is 2.24. The quantitative estimate of drug-likeness (QED) is 0.789. The summed E-state index contributed by atoms with van der Waals surface area (Å²) in [5.41, 5.74) is -0.0527. The number of rotatable bonds is 5. The van der Waals surface area contributed by atoms with Crippen LogP contribution in [0.4, 0.5) is 18.9 Å². The predicted molar refractivity (Wildman–Crippen MR) is 77.5 cm³/mol. The molecule has 0 radical (unpaired) electrons. The Kier molecular flexibility index (Phi) is 4.56. The number of halogens is 3. The van der Waals surface area contributed by atoms with E-state index in [4.69, 9.17) is 0 Å². The van der Waals surface area contributed by atoms with Gasteiger partial charge < -0.3 is 0 Å². The largest absolute Gasteiger partial charge is 0.264 e. The van der Waals surface area contributed by atoms with Crippen LogP contribution in [0.25, 0.3) is 0 Å². The van der Waals surface area contributed by atoms with Crippen molar-refractivity contribution in [1.82, 2.24) is 0 Å². The van der Waals surface area contributed by atoms with Crippen molar-refractivity contribution in [3.05, 3.63) is 72.6 Å². The molecule has 0 aliphatic heterocycles. The van der Waals surface area contributed by atoms with Crippen molar-refractivity contribution in [3.8, 4) is 0 Å². The zero-order valence-corrected chi connectivity index (χ0v) is 12.2. The van der Waals surface area contributed by atoms with Crippen molar-refractivity contribution in [1.29, 1.82) is 0 Å². The molecule has 0 aromatic heterocycles. The molecule has 0 saturated heterocycles. The molecule has 0 saturated carbocycles. The number of nitrogens with zero attached hydrogens (tertiary/aromatic N) is 1. The fourth-order valence-corrected chi connectivity index (χ4v) is 3.26. The van der Waals surface area contributed by atoms with Crippen LogP contribution in [0.1, 0.15) is 0 Å². The summed E-state index contributed by atoms with van der Waals surface area (Å²) in [6, 6.07) is 6.96. The minimum atomic E-state index is -4.06. The monoisotopic (exact) mass is 327 g/mol. The molecule has 116 valence electrons. The lowest BCUT2D eigenvalue weighted by atomic mass is 10.3. The first kappa shape index (κ1) is 16.1.